The van der Waals surface area contributed by atoms with Gasteiger partial charge < -0.3 is 14.8 Å². The van der Waals surface area contributed by atoms with Crippen molar-refractivity contribution in [2.24, 2.45) is 4.99 Å². The van der Waals surface area contributed by atoms with Crippen LogP contribution in [0.15, 0.2) is 71.9 Å². The van der Waals surface area contributed by atoms with Gasteiger partial charge in [0, 0.05) is 6.07 Å². The van der Waals surface area contributed by atoms with Gasteiger partial charge in [0.1, 0.15) is 5.75 Å². The minimum absolute atomic E-state index is 0.387. The quantitative estimate of drug-likeness (QED) is 0.752. The maximum Gasteiger partial charge on any atom is 0.346 e. The molecule has 7 heteroatoms. The Morgan fingerprint density at radius 3 is 2.63 bits per heavy atom. The number of methoxy groups -OCH3 is 1. The molecule has 0 fully saturated rings. The summed E-state index contributed by atoms with van der Waals surface area (Å²) in [6.07, 6.45) is 1.51. The first-order chi connectivity index (χ1) is 13.2. The van der Waals surface area contributed by atoms with Crippen LogP contribution < -0.4 is 20.1 Å². The molecule has 27 heavy (non-hydrogen) atoms. The Labute approximate surface area is 156 Å². The number of carbonyl (C=O) groups is 1. The summed E-state index contributed by atoms with van der Waals surface area (Å²) in [5.74, 6) is 1.05. The van der Waals surface area contributed by atoms with Crippen molar-refractivity contribution in [3.8, 4) is 17.3 Å². The van der Waals surface area contributed by atoms with Gasteiger partial charge in [-0.3, -0.25) is 0 Å². The highest BCUT2D eigenvalue weighted by Crippen LogP contribution is 2.23. The first-order valence-electron chi connectivity index (χ1n) is 8.47. The minimum Gasteiger partial charge on any atom is -0.495 e. The lowest BCUT2D eigenvalue weighted by Gasteiger charge is -2.12. The second-order valence-electron chi connectivity index (χ2n) is 5.47. The Morgan fingerprint density at radius 2 is 1.89 bits per heavy atom. The molecule has 0 bridgehead atoms. The number of rotatable bonds is 5. The highest BCUT2D eigenvalue weighted by molar-refractivity contribution is 5.91. The number of benzene rings is 2. The third-order valence-corrected chi connectivity index (χ3v) is 3.66. The van der Waals surface area contributed by atoms with Crippen LogP contribution in [0.4, 0.5) is 10.5 Å². The molecule has 1 heterocycles. The fourth-order valence-electron chi connectivity index (χ4n) is 2.48. The van der Waals surface area contributed by atoms with Crippen LogP contribution in [0.2, 0.25) is 0 Å². The van der Waals surface area contributed by atoms with Crippen LogP contribution in [0, 0.1) is 0 Å². The van der Waals surface area contributed by atoms with Gasteiger partial charge in [-0.05, 0) is 31.2 Å². The fourth-order valence-corrected chi connectivity index (χ4v) is 2.48. The number of anilines is 1. The Kier molecular flexibility index (Phi) is 5.84. The second-order valence-corrected chi connectivity index (χ2v) is 5.47. The molecule has 0 atom stereocenters. The van der Waals surface area contributed by atoms with Crippen molar-refractivity contribution >= 4 is 11.7 Å². The van der Waals surface area contributed by atoms with E-state index in [-0.39, 0.29) is 0 Å². The van der Waals surface area contributed by atoms with E-state index in [1.54, 1.807) is 36.1 Å². The van der Waals surface area contributed by atoms with Crippen LogP contribution in [-0.2, 0) is 0 Å². The van der Waals surface area contributed by atoms with Crippen molar-refractivity contribution in [3.63, 3.8) is 0 Å². The first kappa shape index (κ1) is 18.2. The number of nitrogens with zero attached hydrogens (tertiary/aromatic N) is 3. The van der Waals surface area contributed by atoms with Crippen LogP contribution in [0.5, 0.6) is 11.6 Å². The average molecular weight is 364 g/mol. The van der Waals surface area contributed by atoms with Crippen molar-refractivity contribution in [1.29, 1.82) is 0 Å². The minimum atomic E-state index is -0.527. The van der Waals surface area contributed by atoms with E-state index in [9.17, 15) is 4.79 Å². The second kappa shape index (κ2) is 8.66. The summed E-state index contributed by atoms with van der Waals surface area (Å²) in [6.45, 7) is 2.35. The number of hydrogen-bond acceptors (Lipinski definition) is 4. The monoisotopic (exact) mass is 364 g/mol. The SMILES string of the molecule is CCOc1cc(=NC(=O)Nc2ccccc2OC)cnn1-c1ccccc1. The van der Waals surface area contributed by atoms with Gasteiger partial charge in [-0.25, -0.2) is 9.48 Å². The summed E-state index contributed by atoms with van der Waals surface area (Å²) < 4.78 is 12.5. The zero-order valence-electron chi connectivity index (χ0n) is 15.1. The molecule has 0 saturated heterocycles. The van der Waals surface area contributed by atoms with Crippen LogP contribution in [0.25, 0.3) is 5.69 Å². The summed E-state index contributed by atoms with van der Waals surface area (Å²) in [5.41, 5.74) is 1.40. The van der Waals surface area contributed by atoms with Crippen molar-refractivity contribution in [2.75, 3.05) is 19.0 Å². The molecule has 2 amide bonds. The van der Waals surface area contributed by atoms with Crippen LogP contribution in [-0.4, -0.2) is 29.5 Å². The third kappa shape index (κ3) is 4.52. The molecule has 0 saturated carbocycles. The molecular weight excluding hydrogens is 344 g/mol. The molecule has 2 aromatic carbocycles. The Hall–Kier alpha value is -3.61. The van der Waals surface area contributed by atoms with E-state index >= 15 is 0 Å². The molecule has 7 nitrogen and oxygen atoms in total. The number of nitrogens with one attached hydrogen (secondary N) is 1. The summed E-state index contributed by atoms with van der Waals surface area (Å²) in [4.78, 5) is 16.3. The van der Waals surface area contributed by atoms with Gasteiger partial charge >= 0.3 is 6.03 Å². The van der Waals surface area contributed by atoms with Crippen LogP contribution in [0.3, 0.4) is 0 Å². The Morgan fingerprint density at radius 1 is 1.15 bits per heavy atom. The predicted molar refractivity (Wildman–Crippen MR) is 102 cm³/mol. The van der Waals surface area contributed by atoms with E-state index in [2.05, 4.69) is 15.4 Å². The molecule has 1 aromatic heterocycles. The van der Waals surface area contributed by atoms with Gasteiger partial charge in [0.25, 0.3) is 0 Å². The van der Waals surface area contributed by atoms with Crippen molar-refractivity contribution in [3.05, 3.63) is 72.2 Å². The molecule has 0 spiro atoms. The van der Waals surface area contributed by atoms with E-state index in [0.717, 1.165) is 5.69 Å². The number of aromatic nitrogens is 2. The van der Waals surface area contributed by atoms with E-state index in [4.69, 9.17) is 9.47 Å². The molecule has 3 rings (SSSR count). The summed E-state index contributed by atoms with van der Waals surface area (Å²) in [7, 11) is 1.54. The molecule has 0 unspecified atom stereocenters. The van der Waals surface area contributed by atoms with Gasteiger partial charge in [-0.15, -0.1) is 0 Å². The topological polar surface area (TPSA) is 77.7 Å². The molecule has 1 N–H and O–H groups in total. The normalized spacial score (nSPS) is 11.1. The van der Waals surface area contributed by atoms with E-state index in [1.165, 1.54) is 6.20 Å². The average Bonchev–Trinajstić information content (AvgIpc) is 2.69. The molecule has 0 radical (unpaired) electrons. The molecule has 0 aliphatic heterocycles. The fraction of sp³-hybridized carbons (Fsp3) is 0.150. The molecular formula is C20H20N4O3. The first-order valence-corrected chi connectivity index (χ1v) is 8.47. The maximum absolute atomic E-state index is 12.3. The number of carbonyl (C=O) groups excluding carboxylic acids is 1. The highest BCUT2D eigenvalue weighted by Gasteiger charge is 2.07. The largest absolute Gasteiger partial charge is 0.495 e. The lowest BCUT2D eigenvalue weighted by Crippen LogP contribution is -2.17. The van der Waals surface area contributed by atoms with Gasteiger partial charge in [0.2, 0.25) is 5.88 Å². The number of ether oxygens (including phenoxy) is 2. The Bertz CT molecular complexity index is 984. The lowest BCUT2D eigenvalue weighted by atomic mass is 10.3. The van der Waals surface area contributed by atoms with Crippen molar-refractivity contribution in [1.82, 2.24) is 9.78 Å². The number of hydrogen-bond donors (Lipinski definition) is 1. The maximum atomic E-state index is 12.3. The van der Waals surface area contributed by atoms with Gasteiger partial charge in [0.05, 0.1) is 36.6 Å². The summed E-state index contributed by atoms with van der Waals surface area (Å²) in [6, 6.07) is 17.9. The van der Waals surface area contributed by atoms with Gasteiger partial charge in [-0.1, -0.05) is 30.3 Å². The van der Waals surface area contributed by atoms with E-state index in [0.29, 0.717) is 29.3 Å². The smallest absolute Gasteiger partial charge is 0.346 e. The zero-order valence-corrected chi connectivity index (χ0v) is 15.1. The Balaban J connectivity index is 1.90. The van der Waals surface area contributed by atoms with Crippen LogP contribution in [0.1, 0.15) is 6.92 Å². The zero-order chi connectivity index (χ0) is 19.1. The molecule has 138 valence electrons. The van der Waals surface area contributed by atoms with Crippen molar-refractivity contribution in [2.45, 2.75) is 6.92 Å². The summed E-state index contributed by atoms with van der Waals surface area (Å²) in [5, 5.41) is 7.44. The summed E-state index contributed by atoms with van der Waals surface area (Å²) >= 11 is 0. The predicted octanol–water partition coefficient (Wildman–Crippen LogP) is 3.41. The van der Waals surface area contributed by atoms with E-state index in [1.807, 2.05) is 43.3 Å². The number of urea groups is 1. The van der Waals surface area contributed by atoms with Crippen LogP contribution >= 0.6 is 0 Å². The van der Waals surface area contributed by atoms with Crippen molar-refractivity contribution < 1.29 is 14.3 Å². The standard InChI is InChI=1S/C20H20N4O3/c1-3-27-19-13-15(14-21-24(19)16-9-5-4-6-10-16)22-20(25)23-17-11-7-8-12-18(17)26-2/h4-14H,3H2,1-2H3,(H,23,25). The number of para-hydroxylation sites is 3. The number of amides is 2. The van der Waals surface area contributed by atoms with Gasteiger partial charge in [-0.2, -0.15) is 10.1 Å². The molecule has 0 aliphatic rings. The molecule has 3 aromatic rings. The van der Waals surface area contributed by atoms with Gasteiger partial charge in [0.15, 0.2) is 0 Å². The third-order valence-electron chi connectivity index (χ3n) is 3.66. The molecule has 0 aliphatic carbocycles. The van der Waals surface area contributed by atoms with E-state index < -0.39 is 6.03 Å². The lowest BCUT2D eigenvalue weighted by molar-refractivity contribution is 0.258. The highest BCUT2D eigenvalue weighted by atomic mass is 16.5.